The van der Waals surface area contributed by atoms with E-state index in [4.69, 9.17) is 9.47 Å². The summed E-state index contributed by atoms with van der Waals surface area (Å²) in [6.07, 6.45) is -4.35. The summed E-state index contributed by atoms with van der Waals surface area (Å²) in [5.41, 5.74) is 2.09. The van der Waals surface area contributed by atoms with Crippen molar-refractivity contribution in [1.82, 2.24) is 5.32 Å². The lowest BCUT2D eigenvalue weighted by Gasteiger charge is -2.22. The van der Waals surface area contributed by atoms with Gasteiger partial charge in [0.2, 0.25) is 0 Å². The van der Waals surface area contributed by atoms with E-state index in [0.29, 0.717) is 30.0 Å². The highest BCUT2D eigenvalue weighted by Crippen LogP contribution is 2.38. The first-order chi connectivity index (χ1) is 14.0. The molecule has 0 aromatic heterocycles. The second kappa shape index (κ2) is 9.51. The summed E-state index contributed by atoms with van der Waals surface area (Å²) in [5, 5.41) is 3.38. The summed E-state index contributed by atoms with van der Waals surface area (Å²) in [7, 11) is 2.83. The number of alkyl halides is 3. The number of benzene rings is 2. The van der Waals surface area contributed by atoms with Gasteiger partial charge in [-0.15, -0.1) is 0 Å². The third kappa shape index (κ3) is 6.23. The molecule has 4 nitrogen and oxygen atoms in total. The second-order valence-corrected chi connectivity index (χ2v) is 8.27. The molecule has 2 aromatic rings. The lowest BCUT2D eigenvalue weighted by Crippen LogP contribution is -2.27. The Labute approximate surface area is 175 Å². The second-order valence-electron chi connectivity index (χ2n) is 8.27. The molecule has 0 atom stereocenters. The van der Waals surface area contributed by atoms with E-state index in [1.54, 1.807) is 12.1 Å². The maximum Gasteiger partial charge on any atom is 0.416 e. The summed E-state index contributed by atoms with van der Waals surface area (Å²) >= 11 is 0. The zero-order chi connectivity index (χ0) is 22.5. The van der Waals surface area contributed by atoms with Crippen LogP contribution in [0.5, 0.6) is 5.75 Å². The van der Waals surface area contributed by atoms with E-state index < -0.39 is 17.7 Å². The highest BCUT2D eigenvalue weighted by atomic mass is 19.4. The average Bonchev–Trinajstić information content (AvgIpc) is 2.67. The molecule has 30 heavy (non-hydrogen) atoms. The number of carbonyl (C=O) groups excluding carboxylic acids is 1. The zero-order valence-electron chi connectivity index (χ0n) is 17.9. The van der Waals surface area contributed by atoms with Crippen molar-refractivity contribution in [3.63, 3.8) is 0 Å². The fraction of sp³-hybridized carbons (Fsp3) is 0.435. The topological polar surface area (TPSA) is 47.6 Å². The molecule has 0 fully saturated rings. The van der Waals surface area contributed by atoms with Gasteiger partial charge in [0, 0.05) is 18.7 Å². The standard InChI is InChI=1S/C23H28F3NO3/c1-22(2,3)14-27-13-18-16(12-20(28)30-5)8-11-19(29-4)21(18)15-6-9-17(10-7-15)23(24,25)26/h6-11,27H,12-14H2,1-5H3. The zero-order valence-corrected chi connectivity index (χ0v) is 17.9. The van der Waals surface area contributed by atoms with Crippen LogP contribution in [0.4, 0.5) is 13.2 Å². The lowest BCUT2D eigenvalue weighted by molar-refractivity contribution is -0.140. The van der Waals surface area contributed by atoms with Crippen molar-refractivity contribution in [2.75, 3.05) is 20.8 Å². The Balaban J connectivity index is 2.56. The van der Waals surface area contributed by atoms with E-state index >= 15 is 0 Å². The molecule has 0 heterocycles. The predicted molar refractivity (Wildman–Crippen MR) is 110 cm³/mol. The molecule has 0 bridgehead atoms. The molecule has 0 spiro atoms. The first kappa shape index (κ1) is 23.7. The Hall–Kier alpha value is -2.54. The molecule has 7 heteroatoms. The molecule has 1 N–H and O–H groups in total. The Morgan fingerprint density at radius 2 is 1.63 bits per heavy atom. The maximum absolute atomic E-state index is 13.0. The predicted octanol–water partition coefficient (Wildman–Crippen LogP) is 5.23. The number of rotatable bonds is 7. The SMILES string of the molecule is COC(=O)Cc1ccc(OC)c(-c2ccc(C(F)(F)F)cc2)c1CNCC(C)(C)C. The maximum atomic E-state index is 13.0. The van der Waals surface area contributed by atoms with Crippen LogP contribution >= 0.6 is 0 Å². The Bertz CT molecular complexity index is 869. The Morgan fingerprint density at radius 3 is 2.13 bits per heavy atom. The number of esters is 1. The molecule has 164 valence electrons. The Kier molecular flexibility index (Phi) is 7.53. The molecular formula is C23H28F3NO3. The third-order valence-corrected chi connectivity index (χ3v) is 4.61. The lowest BCUT2D eigenvalue weighted by atomic mass is 9.91. The van der Waals surface area contributed by atoms with Gasteiger partial charge in [-0.25, -0.2) is 0 Å². The average molecular weight is 423 g/mol. The van der Waals surface area contributed by atoms with Crippen molar-refractivity contribution < 1.29 is 27.4 Å². The molecule has 0 aliphatic heterocycles. The number of carbonyl (C=O) groups is 1. The van der Waals surface area contributed by atoms with Gasteiger partial charge in [-0.2, -0.15) is 13.2 Å². The van der Waals surface area contributed by atoms with E-state index in [1.807, 2.05) is 0 Å². The van der Waals surface area contributed by atoms with E-state index in [2.05, 4.69) is 26.1 Å². The van der Waals surface area contributed by atoms with Gasteiger partial charge in [0.05, 0.1) is 26.2 Å². The largest absolute Gasteiger partial charge is 0.496 e. The molecule has 0 unspecified atom stereocenters. The third-order valence-electron chi connectivity index (χ3n) is 4.61. The van der Waals surface area contributed by atoms with Crippen molar-refractivity contribution in [3.8, 4) is 16.9 Å². The number of nitrogens with one attached hydrogen (secondary N) is 1. The Morgan fingerprint density at radius 1 is 1.00 bits per heavy atom. The number of hydrogen-bond donors (Lipinski definition) is 1. The molecule has 0 aliphatic rings. The fourth-order valence-corrected chi connectivity index (χ4v) is 3.14. The first-order valence-electron chi connectivity index (χ1n) is 9.60. The van der Waals surface area contributed by atoms with Crippen molar-refractivity contribution in [2.24, 2.45) is 5.41 Å². The van der Waals surface area contributed by atoms with Gasteiger partial charge in [-0.05, 0) is 40.3 Å². The highest BCUT2D eigenvalue weighted by molar-refractivity contribution is 5.79. The molecule has 0 saturated carbocycles. The van der Waals surface area contributed by atoms with Crippen molar-refractivity contribution in [1.29, 1.82) is 0 Å². The number of methoxy groups -OCH3 is 2. The summed E-state index contributed by atoms with van der Waals surface area (Å²) in [5.74, 6) is 0.131. The van der Waals surface area contributed by atoms with Crippen LogP contribution in [0.2, 0.25) is 0 Å². The molecule has 0 radical (unpaired) electrons. The quantitative estimate of drug-likeness (QED) is 0.620. The van der Waals surface area contributed by atoms with Gasteiger partial charge in [0.25, 0.3) is 0 Å². The van der Waals surface area contributed by atoms with Crippen molar-refractivity contribution in [2.45, 2.75) is 39.9 Å². The van der Waals surface area contributed by atoms with Gasteiger partial charge < -0.3 is 14.8 Å². The van der Waals surface area contributed by atoms with Crippen molar-refractivity contribution >= 4 is 5.97 Å². The van der Waals surface area contributed by atoms with Crippen LogP contribution in [0.15, 0.2) is 36.4 Å². The van der Waals surface area contributed by atoms with Crippen LogP contribution < -0.4 is 10.1 Å². The summed E-state index contributed by atoms with van der Waals surface area (Å²) in [6, 6.07) is 8.46. The normalized spacial score (nSPS) is 12.0. The molecule has 0 aliphatic carbocycles. The van der Waals surface area contributed by atoms with Gasteiger partial charge in [0.1, 0.15) is 5.75 Å². The van der Waals surface area contributed by atoms with Gasteiger partial charge in [0.15, 0.2) is 0 Å². The summed E-state index contributed by atoms with van der Waals surface area (Å²) < 4.78 is 49.3. The summed E-state index contributed by atoms with van der Waals surface area (Å²) in [4.78, 5) is 11.9. The minimum atomic E-state index is -4.41. The van der Waals surface area contributed by atoms with Crippen molar-refractivity contribution in [3.05, 3.63) is 53.1 Å². The number of ether oxygens (including phenoxy) is 2. The van der Waals surface area contributed by atoms with E-state index in [9.17, 15) is 18.0 Å². The van der Waals surface area contributed by atoms with Gasteiger partial charge >= 0.3 is 12.1 Å². The first-order valence-corrected chi connectivity index (χ1v) is 9.60. The fourth-order valence-electron chi connectivity index (χ4n) is 3.14. The smallest absolute Gasteiger partial charge is 0.416 e. The molecule has 0 saturated heterocycles. The number of halogens is 3. The van der Waals surface area contributed by atoms with Crippen LogP contribution in [0, 0.1) is 5.41 Å². The van der Waals surface area contributed by atoms with Gasteiger partial charge in [-0.1, -0.05) is 39.0 Å². The van der Waals surface area contributed by atoms with E-state index in [-0.39, 0.29) is 11.8 Å². The number of hydrogen-bond acceptors (Lipinski definition) is 4. The monoisotopic (exact) mass is 423 g/mol. The molecule has 0 amide bonds. The van der Waals surface area contributed by atoms with Crippen LogP contribution in [-0.4, -0.2) is 26.7 Å². The van der Waals surface area contributed by atoms with Crippen LogP contribution in [-0.2, 0) is 28.7 Å². The minimum absolute atomic E-state index is 0.0376. The van der Waals surface area contributed by atoms with Crippen LogP contribution in [0.3, 0.4) is 0 Å². The van der Waals surface area contributed by atoms with E-state index in [1.165, 1.54) is 26.4 Å². The van der Waals surface area contributed by atoms with E-state index in [0.717, 1.165) is 23.3 Å². The van der Waals surface area contributed by atoms with Crippen LogP contribution in [0.1, 0.15) is 37.5 Å². The van der Waals surface area contributed by atoms with Gasteiger partial charge in [-0.3, -0.25) is 4.79 Å². The highest BCUT2D eigenvalue weighted by Gasteiger charge is 2.30. The molecular weight excluding hydrogens is 395 g/mol. The minimum Gasteiger partial charge on any atom is -0.496 e. The van der Waals surface area contributed by atoms with Crippen LogP contribution in [0.25, 0.3) is 11.1 Å². The summed E-state index contributed by atoms with van der Waals surface area (Å²) in [6.45, 7) is 7.43. The molecule has 2 aromatic carbocycles. The molecule has 2 rings (SSSR count).